The van der Waals surface area contributed by atoms with E-state index in [1.54, 1.807) is 4.90 Å². The van der Waals surface area contributed by atoms with Gasteiger partial charge in [0.2, 0.25) is 0 Å². The van der Waals surface area contributed by atoms with Crippen LogP contribution >= 0.6 is 0 Å². The number of piperazine rings is 1. The number of nitrogens with zero attached hydrogens (tertiary/aromatic N) is 3. The Morgan fingerprint density at radius 2 is 1.44 bits per heavy atom. The lowest BCUT2D eigenvalue weighted by atomic mass is 9.98. The van der Waals surface area contributed by atoms with Gasteiger partial charge in [-0.05, 0) is 78.6 Å². The van der Waals surface area contributed by atoms with Crippen LogP contribution in [0.3, 0.4) is 0 Å². The van der Waals surface area contributed by atoms with Gasteiger partial charge in [0, 0.05) is 62.1 Å². The number of carbonyl (C=O) groups is 2. The molecule has 2 aliphatic heterocycles. The minimum Gasteiger partial charge on any atom is -0.444 e. The zero-order chi connectivity index (χ0) is 23.5. The molecule has 7 heteroatoms. The molecule has 1 aromatic carbocycles. The maximum Gasteiger partial charge on any atom is 0.410 e. The van der Waals surface area contributed by atoms with E-state index in [4.69, 9.17) is 4.74 Å². The maximum absolute atomic E-state index is 12.7. The molecule has 1 N–H and O–H groups in total. The summed E-state index contributed by atoms with van der Waals surface area (Å²) in [5.41, 5.74) is 1.47. The number of nitrogens with one attached hydrogen (secondary N) is 1. The van der Waals surface area contributed by atoms with Gasteiger partial charge in [-0.15, -0.1) is 0 Å². The van der Waals surface area contributed by atoms with Crippen LogP contribution in [0.2, 0.25) is 0 Å². The van der Waals surface area contributed by atoms with Crippen molar-refractivity contribution in [2.75, 3.05) is 44.2 Å². The Labute approximate surface area is 193 Å². The van der Waals surface area contributed by atoms with Gasteiger partial charge in [-0.25, -0.2) is 4.79 Å². The highest BCUT2D eigenvalue weighted by Crippen LogP contribution is 2.21. The van der Waals surface area contributed by atoms with Gasteiger partial charge < -0.3 is 19.9 Å². The normalized spacial score (nSPS) is 19.1. The number of likely N-dealkylation sites (tertiary alicyclic amines) is 1. The number of piperidine rings is 1. The topological polar surface area (TPSA) is 65.1 Å². The third-order valence-corrected chi connectivity index (χ3v) is 6.20. The number of rotatable bonds is 3. The Bertz CT molecular complexity index is 779. The van der Waals surface area contributed by atoms with Crippen molar-refractivity contribution in [2.24, 2.45) is 0 Å². The third-order valence-electron chi connectivity index (χ3n) is 6.20. The van der Waals surface area contributed by atoms with Crippen molar-refractivity contribution in [2.45, 2.75) is 71.6 Å². The summed E-state index contributed by atoms with van der Waals surface area (Å²) in [6.07, 6.45) is 1.73. The summed E-state index contributed by atoms with van der Waals surface area (Å²) in [4.78, 5) is 31.4. The highest BCUT2D eigenvalue weighted by Gasteiger charge is 2.28. The van der Waals surface area contributed by atoms with Crippen molar-refractivity contribution in [1.82, 2.24) is 15.1 Å². The Balaban J connectivity index is 1.47. The first-order chi connectivity index (χ1) is 14.9. The van der Waals surface area contributed by atoms with E-state index in [0.29, 0.717) is 18.7 Å². The average molecular weight is 445 g/mol. The van der Waals surface area contributed by atoms with Gasteiger partial charge in [-0.2, -0.15) is 0 Å². The fourth-order valence-electron chi connectivity index (χ4n) is 4.26. The van der Waals surface area contributed by atoms with Crippen LogP contribution < -0.4 is 10.2 Å². The summed E-state index contributed by atoms with van der Waals surface area (Å²) in [5, 5.41) is 3.21. The monoisotopic (exact) mass is 444 g/mol. The molecule has 1 aromatic rings. The van der Waals surface area contributed by atoms with Crippen LogP contribution in [0, 0.1) is 0 Å². The van der Waals surface area contributed by atoms with Crippen LogP contribution in [-0.4, -0.2) is 78.3 Å². The van der Waals surface area contributed by atoms with E-state index in [0.717, 1.165) is 44.7 Å². The van der Waals surface area contributed by atoms with Gasteiger partial charge in [0.15, 0.2) is 0 Å². The lowest BCUT2D eigenvalue weighted by Gasteiger charge is -2.41. The highest BCUT2D eigenvalue weighted by atomic mass is 16.6. The van der Waals surface area contributed by atoms with Gasteiger partial charge in [-0.1, -0.05) is 0 Å². The van der Waals surface area contributed by atoms with Crippen molar-refractivity contribution in [3.63, 3.8) is 0 Å². The van der Waals surface area contributed by atoms with Crippen LogP contribution in [0.5, 0.6) is 0 Å². The molecule has 2 heterocycles. The van der Waals surface area contributed by atoms with Crippen molar-refractivity contribution >= 4 is 17.7 Å². The predicted molar refractivity (Wildman–Crippen MR) is 128 cm³/mol. The van der Waals surface area contributed by atoms with E-state index < -0.39 is 5.60 Å². The number of amides is 2. The van der Waals surface area contributed by atoms with E-state index in [1.165, 1.54) is 0 Å². The molecule has 0 radical (unpaired) electrons. The first-order valence-electron chi connectivity index (χ1n) is 11.8. The summed E-state index contributed by atoms with van der Waals surface area (Å²) in [6.45, 7) is 17.2. The molecule has 0 aliphatic carbocycles. The summed E-state index contributed by atoms with van der Waals surface area (Å²) < 4.78 is 5.47. The molecule has 7 nitrogen and oxygen atoms in total. The predicted octanol–water partition coefficient (Wildman–Crippen LogP) is 3.74. The van der Waals surface area contributed by atoms with Crippen LogP contribution in [0.15, 0.2) is 24.3 Å². The molecule has 2 fully saturated rings. The average Bonchev–Trinajstić information content (AvgIpc) is 2.72. The van der Waals surface area contributed by atoms with E-state index in [9.17, 15) is 9.59 Å². The maximum atomic E-state index is 12.7. The van der Waals surface area contributed by atoms with Gasteiger partial charge in [0.25, 0.3) is 5.91 Å². The number of hydrogen-bond donors (Lipinski definition) is 1. The molecular formula is C25H40N4O3. The number of hydrogen-bond acceptors (Lipinski definition) is 5. The molecule has 0 aromatic heterocycles. The van der Waals surface area contributed by atoms with Gasteiger partial charge >= 0.3 is 6.09 Å². The SMILES string of the molecule is CC(C)(C)OC(=O)N1CCN(c2ccc(C(=O)NC3CCN(C(C)(C)C)CC3)cc2)CC1. The van der Waals surface area contributed by atoms with E-state index in [1.807, 2.05) is 45.0 Å². The lowest BCUT2D eigenvalue weighted by Crippen LogP contribution is -2.50. The third kappa shape index (κ3) is 6.61. The lowest BCUT2D eigenvalue weighted by molar-refractivity contribution is 0.0240. The van der Waals surface area contributed by atoms with Crippen LogP contribution in [0.25, 0.3) is 0 Å². The summed E-state index contributed by atoms with van der Waals surface area (Å²) >= 11 is 0. The second kappa shape index (κ2) is 9.69. The molecule has 2 aliphatic rings. The first kappa shape index (κ1) is 24.4. The van der Waals surface area contributed by atoms with Crippen molar-refractivity contribution < 1.29 is 14.3 Å². The van der Waals surface area contributed by atoms with Crippen LogP contribution in [0.1, 0.15) is 64.7 Å². The smallest absolute Gasteiger partial charge is 0.410 e. The molecule has 2 saturated heterocycles. The molecule has 0 unspecified atom stereocenters. The van der Waals surface area contributed by atoms with E-state index in [2.05, 4.69) is 35.9 Å². The second-order valence-corrected chi connectivity index (χ2v) is 10.9. The van der Waals surface area contributed by atoms with Crippen molar-refractivity contribution in [3.8, 4) is 0 Å². The minimum atomic E-state index is -0.478. The van der Waals surface area contributed by atoms with E-state index >= 15 is 0 Å². The number of anilines is 1. The Hall–Kier alpha value is -2.28. The van der Waals surface area contributed by atoms with Gasteiger partial charge in [0.05, 0.1) is 0 Å². The molecule has 0 atom stereocenters. The number of carbonyl (C=O) groups excluding carboxylic acids is 2. The zero-order valence-corrected chi connectivity index (χ0v) is 20.6. The fourth-order valence-corrected chi connectivity index (χ4v) is 4.26. The molecule has 0 bridgehead atoms. The molecule has 3 rings (SSSR count). The van der Waals surface area contributed by atoms with Crippen molar-refractivity contribution in [3.05, 3.63) is 29.8 Å². The summed E-state index contributed by atoms with van der Waals surface area (Å²) in [6, 6.07) is 8.03. The number of ether oxygens (including phenoxy) is 1. The number of benzene rings is 1. The molecular weight excluding hydrogens is 404 g/mol. The van der Waals surface area contributed by atoms with Gasteiger partial charge in [-0.3, -0.25) is 9.69 Å². The minimum absolute atomic E-state index is 0.000466. The van der Waals surface area contributed by atoms with Gasteiger partial charge in [0.1, 0.15) is 5.60 Å². The standard InChI is InChI=1S/C25H40N4O3/c1-24(2,3)29-13-11-20(12-14-29)26-22(30)19-7-9-21(10-8-19)27-15-17-28(18-16-27)23(31)32-25(4,5)6/h7-10,20H,11-18H2,1-6H3,(H,26,30). The molecule has 2 amide bonds. The Kier molecular flexibility index (Phi) is 7.38. The summed E-state index contributed by atoms with van der Waals surface area (Å²) in [5.74, 6) is 0.000466. The Morgan fingerprint density at radius 1 is 0.875 bits per heavy atom. The van der Waals surface area contributed by atoms with Crippen LogP contribution in [-0.2, 0) is 4.74 Å². The van der Waals surface area contributed by atoms with E-state index in [-0.39, 0.29) is 23.6 Å². The highest BCUT2D eigenvalue weighted by molar-refractivity contribution is 5.94. The quantitative estimate of drug-likeness (QED) is 0.770. The second-order valence-electron chi connectivity index (χ2n) is 10.9. The Morgan fingerprint density at radius 3 is 1.94 bits per heavy atom. The first-order valence-corrected chi connectivity index (χ1v) is 11.8. The molecule has 0 spiro atoms. The largest absolute Gasteiger partial charge is 0.444 e. The summed E-state index contributed by atoms with van der Waals surface area (Å²) in [7, 11) is 0. The zero-order valence-electron chi connectivity index (χ0n) is 20.6. The molecule has 0 saturated carbocycles. The fraction of sp³-hybridized carbons (Fsp3) is 0.680. The van der Waals surface area contributed by atoms with Crippen molar-refractivity contribution in [1.29, 1.82) is 0 Å². The van der Waals surface area contributed by atoms with Crippen LogP contribution in [0.4, 0.5) is 10.5 Å². The molecule has 32 heavy (non-hydrogen) atoms. The molecule has 178 valence electrons.